The van der Waals surface area contributed by atoms with Crippen molar-refractivity contribution in [1.82, 2.24) is 0 Å². The van der Waals surface area contributed by atoms with Crippen molar-refractivity contribution in [3.63, 3.8) is 0 Å². The molecular formula is C3H7AlO3. The third kappa shape index (κ3) is 5.54. The highest BCUT2D eigenvalue weighted by atomic mass is 27.0. The summed E-state index contributed by atoms with van der Waals surface area (Å²) in [5.41, 5.74) is 0. The normalized spacial score (nSPS) is 6.29. The van der Waals surface area contributed by atoms with Crippen molar-refractivity contribution in [3.05, 3.63) is 12.3 Å². The molecule has 3 nitrogen and oxygen atoms in total. The lowest BCUT2D eigenvalue weighted by molar-refractivity contribution is -0.135. The van der Waals surface area contributed by atoms with Gasteiger partial charge in [-0.15, -0.1) is 0 Å². The molecule has 4 heteroatoms. The second-order valence-electron chi connectivity index (χ2n) is 0.752. The molecule has 0 fully saturated rings. The number of rotatable bonds is 1. The second-order valence-corrected chi connectivity index (χ2v) is 0.752. The Bertz CT molecular complexity index is 76.2. The van der Waals surface area contributed by atoms with E-state index in [1.165, 1.54) is 0 Å². The van der Waals surface area contributed by atoms with Crippen molar-refractivity contribution in [1.29, 1.82) is 0 Å². The van der Waals surface area contributed by atoms with Crippen LogP contribution in [0, 0.1) is 0 Å². The summed E-state index contributed by atoms with van der Waals surface area (Å²) in [5.74, 6) is -2.20. The van der Waals surface area contributed by atoms with E-state index in [9.17, 15) is 4.79 Å². The number of hydrogen-bond donors (Lipinski definition) is 2. The molecule has 0 saturated heterocycles. The van der Waals surface area contributed by atoms with E-state index in [1.807, 2.05) is 0 Å². The van der Waals surface area contributed by atoms with Crippen molar-refractivity contribution in [2.24, 2.45) is 0 Å². The van der Waals surface area contributed by atoms with Crippen LogP contribution in [0.25, 0.3) is 0 Å². The summed E-state index contributed by atoms with van der Waals surface area (Å²) in [6, 6.07) is 0. The Morgan fingerprint density at radius 1 is 1.43 bits per heavy atom. The first-order valence-electron chi connectivity index (χ1n) is 1.25. The minimum Gasteiger partial charge on any atom is -0.502 e. The Labute approximate surface area is 51.4 Å². The third-order valence-electron chi connectivity index (χ3n) is 0.247. The zero-order valence-corrected chi connectivity index (χ0v) is 3.01. The van der Waals surface area contributed by atoms with Gasteiger partial charge in [0.2, 0.25) is 0 Å². The van der Waals surface area contributed by atoms with Crippen molar-refractivity contribution >= 4 is 23.3 Å². The molecule has 0 atom stereocenters. The number of carbonyl (C=O) groups is 1. The molecule has 0 aromatic carbocycles. The molecule has 40 valence electrons. The van der Waals surface area contributed by atoms with E-state index in [0.717, 1.165) is 0 Å². The van der Waals surface area contributed by atoms with Gasteiger partial charge in [0.25, 0.3) is 0 Å². The van der Waals surface area contributed by atoms with E-state index in [2.05, 4.69) is 6.58 Å². The van der Waals surface area contributed by atoms with E-state index in [0.29, 0.717) is 0 Å². The van der Waals surface area contributed by atoms with Crippen LogP contribution >= 0.6 is 0 Å². The van der Waals surface area contributed by atoms with Crippen LogP contribution in [0.4, 0.5) is 0 Å². The molecule has 0 aliphatic carbocycles. The molecular weight excluding hydrogens is 111 g/mol. The molecule has 0 aromatic heterocycles. The SMILES string of the molecule is C=C(O)C(=O)O.[AlH3]. The van der Waals surface area contributed by atoms with Gasteiger partial charge in [0.05, 0.1) is 0 Å². The van der Waals surface area contributed by atoms with Crippen LogP contribution in [-0.4, -0.2) is 33.5 Å². The fourth-order valence-corrected chi connectivity index (χ4v) is 0. The number of carboxylic acids is 1. The summed E-state index contributed by atoms with van der Waals surface area (Å²) in [6.07, 6.45) is 0. The van der Waals surface area contributed by atoms with Crippen molar-refractivity contribution in [2.45, 2.75) is 0 Å². The molecule has 0 saturated carbocycles. The molecule has 0 unspecified atom stereocenters. The van der Waals surface area contributed by atoms with Gasteiger partial charge < -0.3 is 10.2 Å². The van der Waals surface area contributed by atoms with Gasteiger partial charge in [-0.2, -0.15) is 0 Å². The molecule has 0 amide bonds. The largest absolute Gasteiger partial charge is 0.502 e. The fraction of sp³-hybridized carbons (Fsp3) is 0. The summed E-state index contributed by atoms with van der Waals surface area (Å²) >= 11 is 0. The Morgan fingerprint density at radius 3 is 1.57 bits per heavy atom. The van der Waals surface area contributed by atoms with Crippen molar-refractivity contribution in [2.75, 3.05) is 0 Å². The first kappa shape index (κ1) is 9.74. The Morgan fingerprint density at radius 2 is 1.57 bits per heavy atom. The maximum atomic E-state index is 9.35. The lowest BCUT2D eigenvalue weighted by Gasteiger charge is -1.79. The van der Waals surface area contributed by atoms with Gasteiger partial charge in [0.1, 0.15) is 0 Å². The summed E-state index contributed by atoms with van der Waals surface area (Å²) in [6.45, 7) is 2.71. The van der Waals surface area contributed by atoms with Crippen LogP contribution in [0.3, 0.4) is 0 Å². The van der Waals surface area contributed by atoms with Crippen LogP contribution in [0.2, 0.25) is 0 Å². The molecule has 0 aliphatic heterocycles. The van der Waals surface area contributed by atoms with Gasteiger partial charge >= 0.3 is 5.97 Å². The van der Waals surface area contributed by atoms with Gasteiger partial charge in [-0.25, -0.2) is 4.79 Å². The lowest BCUT2D eigenvalue weighted by Crippen LogP contribution is -1.95. The highest BCUT2D eigenvalue weighted by Gasteiger charge is 1.94. The molecule has 7 heavy (non-hydrogen) atoms. The summed E-state index contributed by atoms with van der Waals surface area (Å²) in [4.78, 5) is 9.35. The second kappa shape index (κ2) is 3.72. The quantitative estimate of drug-likeness (QED) is 0.262. The van der Waals surface area contributed by atoms with Crippen molar-refractivity contribution in [3.8, 4) is 0 Å². The van der Waals surface area contributed by atoms with E-state index in [1.54, 1.807) is 0 Å². The fourth-order valence-electron chi connectivity index (χ4n) is 0. The lowest BCUT2D eigenvalue weighted by atomic mass is 10.6. The molecule has 0 bridgehead atoms. The van der Waals surface area contributed by atoms with Crippen LogP contribution in [0.15, 0.2) is 12.3 Å². The highest BCUT2D eigenvalue weighted by Crippen LogP contribution is 1.75. The average Bonchev–Trinajstić information content (AvgIpc) is 1.36. The van der Waals surface area contributed by atoms with Gasteiger partial charge in [-0.1, -0.05) is 0 Å². The first-order valence-corrected chi connectivity index (χ1v) is 1.25. The molecule has 0 aliphatic rings. The monoisotopic (exact) mass is 118 g/mol. The topological polar surface area (TPSA) is 57.5 Å². The van der Waals surface area contributed by atoms with Crippen LogP contribution in [0.5, 0.6) is 0 Å². The minimum absolute atomic E-state index is 0. The van der Waals surface area contributed by atoms with E-state index in [4.69, 9.17) is 10.2 Å². The Kier molecular flexibility index (Phi) is 5.18. The summed E-state index contributed by atoms with van der Waals surface area (Å²) in [5, 5.41) is 15.5. The van der Waals surface area contributed by atoms with E-state index >= 15 is 0 Å². The Hall–Kier alpha value is -0.458. The molecule has 0 heterocycles. The molecule has 0 rings (SSSR count). The Balaban J connectivity index is 0. The zero-order chi connectivity index (χ0) is 5.15. The number of carboxylic acid groups (broad SMARTS) is 1. The van der Waals surface area contributed by atoms with Gasteiger partial charge in [-0.3, -0.25) is 0 Å². The number of hydrogen-bond acceptors (Lipinski definition) is 2. The molecule has 2 N–H and O–H groups in total. The zero-order valence-electron chi connectivity index (χ0n) is 3.01. The highest BCUT2D eigenvalue weighted by molar-refractivity contribution is 5.82. The maximum absolute atomic E-state index is 9.35. The predicted octanol–water partition coefficient (Wildman–Crippen LogP) is -1.04. The van der Waals surface area contributed by atoms with Crippen LogP contribution < -0.4 is 0 Å². The first-order chi connectivity index (χ1) is 2.64. The van der Waals surface area contributed by atoms with Gasteiger partial charge in [0.15, 0.2) is 23.1 Å². The number of aliphatic hydroxyl groups is 1. The maximum Gasteiger partial charge on any atom is 0.370 e. The summed E-state index contributed by atoms with van der Waals surface area (Å²) in [7, 11) is 0. The van der Waals surface area contributed by atoms with Crippen LogP contribution in [0.1, 0.15) is 0 Å². The van der Waals surface area contributed by atoms with Gasteiger partial charge in [-0.05, 0) is 6.58 Å². The van der Waals surface area contributed by atoms with Gasteiger partial charge in [0, 0.05) is 0 Å². The summed E-state index contributed by atoms with van der Waals surface area (Å²) < 4.78 is 0. The predicted molar refractivity (Wildman–Crippen MR) is 29.3 cm³/mol. The molecule has 0 aromatic rings. The molecule has 0 radical (unpaired) electrons. The van der Waals surface area contributed by atoms with E-state index in [-0.39, 0.29) is 17.4 Å². The average molecular weight is 118 g/mol. The smallest absolute Gasteiger partial charge is 0.370 e. The van der Waals surface area contributed by atoms with Crippen molar-refractivity contribution < 1.29 is 15.0 Å². The standard InChI is InChI=1S/C3H4O3.Al.3H/c1-2(4)3(5)6;;;;/h4H,1H2,(H,5,6);;;;. The number of aliphatic carboxylic acids is 1. The van der Waals surface area contributed by atoms with Crippen LogP contribution in [-0.2, 0) is 4.79 Å². The third-order valence-corrected chi connectivity index (χ3v) is 0.247. The number of aliphatic hydroxyl groups excluding tert-OH is 1. The molecule has 0 spiro atoms. The minimum atomic E-state index is -1.38. The van der Waals surface area contributed by atoms with E-state index < -0.39 is 11.7 Å².